The molecule has 2 aromatic rings. The van der Waals surface area contributed by atoms with Crippen LogP contribution in [0.25, 0.3) is 10.6 Å². The third-order valence-electron chi connectivity index (χ3n) is 2.41. The van der Waals surface area contributed by atoms with Crippen molar-refractivity contribution >= 4 is 11.3 Å². The Morgan fingerprint density at radius 2 is 1.94 bits per heavy atom. The number of nitrogens with two attached hydrogens (primary N) is 1. The Morgan fingerprint density at radius 1 is 1.22 bits per heavy atom. The normalized spacial score (nSPS) is 11.8. The van der Waals surface area contributed by atoms with Gasteiger partial charge in [-0.1, -0.05) is 18.2 Å². The minimum Gasteiger partial charge on any atom is -0.330 e. The molecular formula is C12H11F3N2S. The van der Waals surface area contributed by atoms with Gasteiger partial charge in [-0.2, -0.15) is 13.2 Å². The van der Waals surface area contributed by atoms with Crippen LogP contribution in [0.5, 0.6) is 0 Å². The maximum Gasteiger partial charge on any atom is 0.417 e. The van der Waals surface area contributed by atoms with Crippen LogP contribution in [0.2, 0.25) is 0 Å². The number of alkyl halides is 3. The van der Waals surface area contributed by atoms with Gasteiger partial charge in [0.25, 0.3) is 0 Å². The van der Waals surface area contributed by atoms with Crippen LogP contribution < -0.4 is 5.73 Å². The quantitative estimate of drug-likeness (QED) is 0.930. The Bertz CT molecular complexity index is 534. The smallest absolute Gasteiger partial charge is 0.330 e. The molecule has 1 aromatic heterocycles. The third-order valence-corrected chi connectivity index (χ3v) is 3.50. The van der Waals surface area contributed by atoms with Crippen molar-refractivity contribution in [3.8, 4) is 10.6 Å². The van der Waals surface area contributed by atoms with Gasteiger partial charge in [0.05, 0.1) is 5.56 Å². The zero-order valence-corrected chi connectivity index (χ0v) is 10.2. The summed E-state index contributed by atoms with van der Waals surface area (Å²) in [5.74, 6) is 0. The molecule has 0 amide bonds. The minimum atomic E-state index is -4.36. The molecule has 6 heteroatoms. The molecule has 2 nitrogen and oxygen atoms in total. The van der Waals surface area contributed by atoms with Crippen LogP contribution in [-0.2, 0) is 12.6 Å². The maximum atomic E-state index is 12.8. The lowest BCUT2D eigenvalue weighted by molar-refractivity contribution is -0.137. The molecular weight excluding hydrogens is 261 g/mol. The Balaban J connectivity index is 2.43. The fraction of sp³-hybridized carbons (Fsp3) is 0.250. The van der Waals surface area contributed by atoms with Crippen molar-refractivity contribution in [1.29, 1.82) is 0 Å². The van der Waals surface area contributed by atoms with Crippen molar-refractivity contribution < 1.29 is 13.2 Å². The predicted octanol–water partition coefficient (Wildman–Crippen LogP) is 3.33. The van der Waals surface area contributed by atoms with Gasteiger partial charge in [0.15, 0.2) is 0 Å². The van der Waals surface area contributed by atoms with E-state index in [2.05, 4.69) is 4.98 Å². The Hall–Kier alpha value is -1.40. The second kappa shape index (κ2) is 5.07. The van der Waals surface area contributed by atoms with Gasteiger partial charge < -0.3 is 5.73 Å². The molecule has 96 valence electrons. The summed E-state index contributed by atoms with van der Waals surface area (Å²) in [6.07, 6.45) is -2.15. The summed E-state index contributed by atoms with van der Waals surface area (Å²) in [6, 6.07) is 5.46. The van der Waals surface area contributed by atoms with Crippen LogP contribution in [0.3, 0.4) is 0 Å². The van der Waals surface area contributed by atoms with E-state index >= 15 is 0 Å². The monoisotopic (exact) mass is 272 g/mol. The summed E-state index contributed by atoms with van der Waals surface area (Å²) >= 11 is 1.25. The maximum absolute atomic E-state index is 12.8. The van der Waals surface area contributed by atoms with Crippen molar-refractivity contribution in [3.05, 3.63) is 40.9 Å². The molecule has 0 saturated carbocycles. The Labute approximate surface area is 106 Å². The van der Waals surface area contributed by atoms with E-state index in [-0.39, 0.29) is 5.56 Å². The van der Waals surface area contributed by atoms with Gasteiger partial charge in [0, 0.05) is 16.6 Å². The fourth-order valence-electron chi connectivity index (χ4n) is 1.61. The standard InChI is InChI=1S/C12H11F3N2S/c13-12(14,15)10-4-2-1-3-9(10)11-17-7-8(18-11)5-6-16/h1-4,7H,5-6,16H2. The van der Waals surface area contributed by atoms with E-state index < -0.39 is 11.7 Å². The lowest BCUT2D eigenvalue weighted by atomic mass is 10.1. The van der Waals surface area contributed by atoms with Gasteiger partial charge in [0.2, 0.25) is 0 Å². The van der Waals surface area contributed by atoms with Gasteiger partial charge in [-0.25, -0.2) is 4.98 Å². The lowest BCUT2D eigenvalue weighted by Crippen LogP contribution is -2.06. The number of aromatic nitrogens is 1. The number of halogens is 3. The van der Waals surface area contributed by atoms with E-state index in [0.29, 0.717) is 18.0 Å². The molecule has 0 fully saturated rings. The minimum absolute atomic E-state index is 0.123. The second-order valence-electron chi connectivity index (χ2n) is 3.71. The molecule has 0 saturated heterocycles. The molecule has 1 aromatic carbocycles. The first kappa shape index (κ1) is 13.0. The molecule has 0 radical (unpaired) electrons. The number of hydrogen-bond donors (Lipinski definition) is 1. The summed E-state index contributed by atoms with van der Waals surface area (Å²) < 4.78 is 38.5. The molecule has 0 aliphatic carbocycles. The zero-order chi connectivity index (χ0) is 13.2. The highest BCUT2D eigenvalue weighted by molar-refractivity contribution is 7.15. The van der Waals surface area contributed by atoms with Gasteiger partial charge in [-0.05, 0) is 19.0 Å². The molecule has 2 rings (SSSR count). The van der Waals surface area contributed by atoms with Crippen LogP contribution in [-0.4, -0.2) is 11.5 Å². The van der Waals surface area contributed by atoms with Crippen molar-refractivity contribution in [2.24, 2.45) is 5.73 Å². The fourth-order valence-corrected chi connectivity index (χ4v) is 2.57. The molecule has 0 aliphatic rings. The molecule has 0 aliphatic heterocycles. The first-order valence-corrected chi connectivity index (χ1v) is 6.15. The van der Waals surface area contributed by atoms with Crippen LogP contribution >= 0.6 is 11.3 Å². The molecule has 0 bridgehead atoms. The number of benzene rings is 1. The predicted molar refractivity (Wildman–Crippen MR) is 65.3 cm³/mol. The van der Waals surface area contributed by atoms with Crippen LogP contribution in [0.15, 0.2) is 30.5 Å². The summed E-state index contributed by atoms with van der Waals surface area (Å²) in [4.78, 5) is 4.94. The number of hydrogen-bond acceptors (Lipinski definition) is 3. The summed E-state index contributed by atoms with van der Waals surface area (Å²) in [7, 11) is 0. The average molecular weight is 272 g/mol. The first-order valence-electron chi connectivity index (χ1n) is 5.33. The second-order valence-corrected chi connectivity index (χ2v) is 4.83. The van der Waals surface area contributed by atoms with E-state index in [4.69, 9.17) is 5.73 Å². The van der Waals surface area contributed by atoms with Crippen LogP contribution in [0, 0.1) is 0 Å². The molecule has 2 N–H and O–H groups in total. The van der Waals surface area contributed by atoms with Crippen molar-refractivity contribution in [2.75, 3.05) is 6.54 Å². The zero-order valence-electron chi connectivity index (χ0n) is 9.37. The Morgan fingerprint density at radius 3 is 2.61 bits per heavy atom. The highest BCUT2D eigenvalue weighted by Gasteiger charge is 2.33. The molecule has 18 heavy (non-hydrogen) atoms. The number of rotatable bonds is 3. The van der Waals surface area contributed by atoms with Crippen molar-refractivity contribution in [2.45, 2.75) is 12.6 Å². The summed E-state index contributed by atoms with van der Waals surface area (Å²) in [5.41, 5.74) is 4.88. The lowest BCUT2D eigenvalue weighted by Gasteiger charge is -2.10. The van der Waals surface area contributed by atoms with Gasteiger partial charge in [-0.15, -0.1) is 11.3 Å². The Kier molecular flexibility index (Phi) is 3.68. The molecule has 0 unspecified atom stereocenters. The average Bonchev–Trinajstić information content (AvgIpc) is 2.77. The van der Waals surface area contributed by atoms with Crippen molar-refractivity contribution in [1.82, 2.24) is 4.98 Å². The SMILES string of the molecule is NCCc1cnc(-c2ccccc2C(F)(F)F)s1. The first-order chi connectivity index (χ1) is 8.52. The van der Waals surface area contributed by atoms with E-state index in [1.54, 1.807) is 12.3 Å². The highest BCUT2D eigenvalue weighted by Crippen LogP contribution is 2.38. The van der Waals surface area contributed by atoms with Crippen molar-refractivity contribution in [3.63, 3.8) is 0 Å². The topological polar surface area (TPSA) is 38.9 Å². The number of thiazole rings is 1. The third kappa shape index (κ3) is 2.70. The molecule has 0 spiro atoms. The van der Waals surface area contributed by atoms with E-state index in [1.165, 1.54) is 23.5 Å². The summed E-state index contributed by atoms with van der Waals surface area (Å²) in [5, 5.41) is 0.381. The highest BCUT2D eigenvalue weighted by atomic mass is 32.1. The van der Waals surface area contributed by atoms with E-state index in [0.717, 1.165) is 10.9 Å². The van der Waals surface area contributed by atoms with Gasteiger partial charge in [-0.3, -0.25) is 0 Å². The van der Waals surface area contributed by atoms with E-state index in [9.17, 15) is 13.2 Å². The molecule has 0 atom stereocenters. The van der Waals surface area contributed by atoms with Crippen LogP contribution in [0.4, 0.5) is 13.2 Å². The van der Waals surface area contributed by atoms with Crippen LogP contribution in [0.1, 0.15) is 10.4 Å². The number of nitrogens with zero attached hydrogens (tertiary/aromatic N) is 1. The largest absolute Gasteiger partial charge is 0.417 e. The summed E-state index contributed by atoms with van der Waals surface area (Å²) in [6.45, 7) is 0.461. The van der Waals surface area contributed by atoms with E-state index in [1.807, 2.05) is 0 Å². The molecule has 1 heterocycles. The van der Waals surface area contributed by atoms with Gasteiger partial charge >= 0.3 is 6.18 Å². The van der Waals surface area contributed by atoms with Gasteiger partial charge in [0.1, 0.15) is 5.01 Å².